The maximum Gasteiger partial charge on any atom is 0.344 e. The van der Waals surface area contributed by atoms with Crippen LogP contribution in [-0.2, 0) is 11.3 Å². The molecule has 4 aromatic rings. The van der Waals surface area contributed by atoms with Crippen LogP contribution in [0.25, 0.3) is 16.8 Å². The molecule has 0 aromatic heterocycles. The summed E-state index contributed by atoms with van der Waals surface area (Å²) >= 11 is 2.99. The van der Waals surface area contributed by atoms with Gasteiger partial charge in [-0.2, -0.15) is 0 Å². The standard InChI is InChI=1S/C30H22INO5S/c1-2-36-26-16-19(12-14-25(26)37-29(34)23-9-5-6-10-24(23)31)17-27-28(33)32(30(35)38-27)18-20-11-13-21-7-3-4-8-22(21)15-20/h3-17H,2,18H2,1H3/b27-17-. The van der Waals surface area contributed by atoms with Crippen molar-refractivity contribution in [3.8, 4) is 11.5 Å². The van der Waals surface area contributed by atoms with Gasteiger partial charge in [0, 0.05) is 3.57 Å². The van der Waals surface area contributed by atoms with Crippen molar-refractivity contribution in [1.82, 2.24) is 4.90 Å². The molecule has 4 aromatic carbocycles. The molecular weight excluding hydrogens is 613 g/mol. The van der Waals surface area contributed by atoms with Crippen LogP contribution in [0, 0.1) is 3.57 Å². The van der Waals surface area contributed by atoms with Crippen LogP contribution in [0.1, 0.15) is 28.4 Å². The minimum atomic E-state index is -0.487. The first kappa shape index (κ1) is 26.0. The lowest BCUT2D eigenvalue weighted by atomic mass is 10.1. The summed E-state index contributed by atoms with van der Waals surface area (Å²) in [6.45, 7) is 2.39. The largest absolute Gasteiger partial charge is 0.490 e. The predicted molar refractivity (Wildman–Crippen MR) is 157 cm³/mol. The molecule has 0 N–H and O–H groups in total. The molecule has 1 fully saturated rings. The van der Waals surface area contributed by atoms with Crippen molar-refractivity contribution < 1.29 is 23.9 Å². The van der Waals surface area contributed by atoms with Gasteiger partial charge in [0.1, 0.15) is 0 Å². The third-order valence-corrected chi connectivity index (χ3v) is 7.74. The molecule has 8 heteroatoms. The summed E-state index contributed by atoms with van der Waals surface area (Å²) < 4.78 is 12.1. The normalized spacial score (nSPS) is 14.4. The van der Waals surface area contributed by atoms with Crippen LogP contribution in [0.15, 0.2) is 89.8 Å². The monoisotopic (exact) mass is 635 g/mol. The van der Waals surface area contributed by atoms with Crippen LogP contribution in [0.3, 0.4) is 0 Å². The van der Waals surface area contributed by atoms with Gasteiger partial charge in [-0.05, 0) is 99.6 Å². The first-order valence-corrected chi connectivity index (χ1v) is 13.8. The topological polar surface area (TPSA) is 72.9 Å². The summed E-state index contributed by atoms with van der Waals surface area (Å²) in [4.78, 5) is 40.1. The van der Waals surface area contributed by atoms with Gasteiger partial charge in [-0.3, -0.25) is 14.5 Å². The van der Waals surface area contributed by atoms with Gasteiger partial charge in [0.2, 0.25) is 0 Å². The Balaban J connectivity index is 1.35. The van der Waals surface area contributed by atoms with Crippen LogP contribution < -0.4 is 9.47 Å². The van der Waals surface area contributed by atoms with E-state index in [4.69, 9.17) is 9.47 Å². The number of carbonyl (C=O) groups is 3. The van der Waals surface area contributed by atoms with E-state index < -0.39 is 5.97 Å². The van der Waals surface area contributed by atoms with E-state index in [0.29, 0.717) is 28.4 Å². The van der Waals surface area contributed by atoms with E-state index in [-0.39, 0.29) is 23.4 Å². The van der Waals surface area contributed by atoms with Crippen molar-refractivity contribution >= 4 is 68.3 Å². The molecule has 1 saturated heterocycles. The Morgan fingerprint density at radius 2 is 1.68 bits per heavy atom. The molecule has 1 aliphatic heterocycles. The van der Waals surface area contributed by atoms with Crippen LogP contribution in [0.5, 0.6) is 11.5 Å². The van der Waals surface area contributed by atoms with E-state index in [1.165, 1.54) is 4.90 Å². The minimum Gasteiger partial charge on any atom is -0.490 e. The van der Waals surface area contributed by atoms with Crippen molar-refractivity contribution in [1.29, 1.82) is 0 Å². The highest BCUT2D eigenvalue weighted by molar-refractivity contribution is 14.1. The molecule has 2 amide bonds. The molecule has 38 heavy (non-hydrogen) atoms. The fraction of sp³-hybridized carbons (Fsp3) is 0.100. The number of thioether (sulfide) groups is 1. The second kappa shape index (κ2) is 11.4. The number of hydrogen-bond acceptors (Lipinski definition) is 6. The van der Waals surface area contributed by atoms with Crippen LogP contribution >= 0.6 is 34.4 Å². The number of imide groups is 1. The number of benzene rings is 4. The highest BCUT2D eigenvalue weighted by Crippen LogP contribution is 2.36. The Hall–Kier alpha value is -3.63. The second-order valence-corrected chi connectivity index (χ2v) is 10.6. The lowest BCUT2D eigenvalue weighted by molar-refractivity contribution is -0.123. The zero-order valence-electron chi connectivity index (χ0n) is 20.3. The van der Waals surface area contributed by atoms with E-state index in [9.17, 15) is 14.4 Å². The van der Waals surface area contributed by atoms with Crippen molar-refractivity contribution in [3.05, 3.63) is 110 Å². The maximum absolute atomic E-state index is 13.1. The Labute approximate surface area is 237 Å². The first-order valence-electron chi connectivity index (χ1n) is 11.9. The van der Waals surface area contributed by atoms with Crippen molar-refractivity contribution in [3.63, 3.8) is 0 Å². The Bertz CT molecular complexity index is 1600. The Morgan fingerprint density at radius 3 is 2.47 bits per heavy atom. The van der Waals surface area contributed by atoms with Crippen molar-refractivity contribution in [2.24, 2.45) is 0 Å². The molecule has 5 rings (SSSR count). The molecular formula is C30H22INO5S. The molecule has 0 atom stereocenters. The molecule has 190 valence electrons. The van der Waals surface area contributed by atoms with E-state index in [1.807, 2.05) is 61.5 Å². The zero-order valence-corrected chi connectivity index (χ0v) is 23.3. The van der Waals surface area contributed by atoms with Gasteiger partial charge in [0.15, 0.2) is 11.5 Å². The number of halogens is 1. The molecule has 0 spiro atoms. The van der Waals surface area contributed by atoms with E-state index >= 15 is 0 Å². The molecule has 0 radical (unpaired) electrons. The summed E-state index contributed by atoms with van der Waals surface area (Å²) in [5, 5.41) is 1.84. The Morgan fingerprint density at radius 1 is 0.921 bits per heavy atom. The van der Waals surface area contributed by atoms with Crippen molar-refractivity contribution in [2.75, 3.05) is 6.61 Å². The first-order chi connectivity index (χ1) is 18.4. The van der Waals surface area contributed by atoms with Gasteiger partial charge in [-0.1, -0.05) is 54.6 Å². The molecule has 1 heterocycles. The number of rotatable bonds is 7. The zero-order chi connectivity index (χ0) is 26.6. The summed E-state index contributed by atoms with van der Waals surface area (Å²) in [5.41, 5.74) is 1.99. The molecule has 0 saturated carbocycles. The number of esters is 1. The maximum atomic E-state index is 13.1. The van der Waals surface area contributed by atoms with Crippen LogP contribution in [0.2, 0.25) is 0 Å². The lowest BCUT2D eigenvalue weighted by Crippen LogP contribution is -2.27. The van der Waals surface area contributed by atoms with Crippen LogP contribution in [0.4, 0.5) is 4.79 Å². The summed E-state index contributed by atoms with van der Waals surface area (Å²) in [5.74, 6) is -0.187. The minimum absolute atomic E-state index is 0.199. The van der Waals surface area contributed by atoms with Crippen LogP contribution in [-0.4, -0.2) is 28.6 Å². The number of amides is 2. The fourth-order valence-electron chi connectivity index (χ4n) is 4.06. The van der Waals surface area contributed by atoms with Gasteiger partial charge in [0.25, 0.3) is 11.1 Å². The quantitative estimate of drug-likeness (QED) is 0.0919. The Kier molecular flexibility index (Phi) is 7.80. The predicted octanol–water partition coefficient (Wildman–Crippen LogP) is 7.30. The number of carbonyl (C=O) groups excluding carboxylic acids is 3. The number of fused-ring (bicyclic) bond motifs is 1. The van der Waals surface area contributed by atoms with Crippen molar-refractivity contribution in [2.45, 2.75) is 13.5 Å². The summed E-state index contributed by atoms with van der Waals surface area (Å²) in [6, 6.07) is 26.1. The highest BCUT2D eigenvalue weighted by Gasteiger charge is 2.35. The van der Waals surface area contributed by atoms with Gasteiger partial charge < -0.3 is 9.47 Å². The molecule has 1 aliphatic rings. The SMILES string of the molecule is CCOc1cc(/C=C2\SC(=O)N(Cc3ccc4ccccc4c3)C2=O)ccc1OC(=O)c1ccccc1I. The van der Waals surface area contributed by atoms with E-state index in [0.717, 1.165) is 31.7 Å². The smallest absolute Gasteiger partial charge is 0.344 e. The van der Waals surface area contributed by atoms with E-state index in [1.54, 1.807) is 36.4 Å². The molecule has 0 aliphatic carbocycles. The highest BCUT2D eigenvalue weighted by atomic mass is 127. The van der Waals surface area contributed by atoms with Gasteiger partial charge in [0.05, 0.1) is 23.6 Å². The van der Waals surface area contributed by atoms with Gasteiger partial charge in [-0.15, -0.1) is 0 Å². The lowest BCUT2D eigenvalue weighted by Gasteiger charge is -2.13. The molecule has 0 bridgehead atoms. The average Bonchev–Trinajstić information content (AvgIpc) is 3.17. The summed E-state index contributed by atoms with van der Waals surface area (Å²) in [6.07, 6.45) is 1.65. The second-order valence-electron chi connectivity index (χ2n) is 8.46. The van der Waals surface area contributed by atoms with E-state index in [2.05, 4.69) is 22.6 Å². The fourth-order valence-corrected chi connectivity index (χ4v) is 5.50. The number of nitrogens with zero attached hydrogens (tertiary/aromatic N) is 1. The third kappa shape index (κ3) is 5.61. The van der Waals surface area contributed by atoms with Gasteiger partial charge >= 0.3 is 5.97 Å². The third-order valence-electron chi connectivity index (χ3n) is 5.89. The summed E-state index contributed by atoms with van der Waals surface area (Å²) in [7, 11) is 0. The average molecular weight is 635 g/mol. The van der Waals surface area contributed by atoms with Gasteiger partial charge in [-0.25, -0.2) is 4.79 Å². The molecule has 6 nitrogen and oxygen atoms in total. The molecule has 0 unspecified atom stereocenters. The number of hydrogen-bond donors (Lipinski definition) is 0. The number of ether oxygens (including phenoxy) is 2.